The molecule has 0 bridgehead atoms. The van der Waals surface area contributed by atoms with Crippen molar-refractivity contribution in [3.63, 3.8) is 0 Å². The zero-order valence-electron chi connectivity index (χ0n) is 7.42. The molecule has 0 fully saturated rings. The number of carbonyl (C=O) groups excluding carboxylic acids is 1. The van der Waals surface area contributed by atoms with Gasteiger partial charge in [0.15, 0.2) is 17.7 Å². The quantitative estimate of drug-likeness (QED) is 0.639. The summed E-state index contributed by atoms with van der Waals surface area (Å²) in [5.41, 5.74) is -3.98. The second kappa shape index (κ2) is 4.03. The Kier molecular flexibility index (Phi) is 3.11. The molecule has 16 heavy (non-hydrogen) atoms. The number of hydrogen-bond donors (Lipinski definition) is 1. The molecule has 1 N–H and O–H groups in total. The van der Waals surface area contributed by atoms with Crippen molar-refractivity contribution >= 4 is 6.29 Å². The highest BCUT2D eigenvalue weighted by molar-refractivity contribution is 5.78. The SMILES string of the molecule is O=Cc1cnc(C(F)(F)F)c(O)c1C(F)F. The summed E-state index contributed by atoms with van der Waals surface area (Å²) >= 11 is 0. The lowest BCUT2D eigenvalue weighted by molar-refractivity contribution is -0.142. The van der Waals surface area contributed by atoms with Gasteiger partial charge in [-0.1, -0.05) is 0 Å². The van der Waals surface area contributed by atoms with Crippen LogP contribution in [0.15, 0.2) is 6.20 Å². The van der Waals surface area contributed by atoms with Crippen LogP contribution in [0.25, 0.3) is 0 Å². The van der Waals surface area contributed by atoms with Crippen LogP contribution < -0.4 is 0 Å². The van der Waals surface area contributed by atoms with Gasteiger partial charge in [-0.2, -0.15) is 13.2 Å². The van der Waals surface area contributed by atoms with E-state index in [0.717, 1.165) is 0 Å². The van der Waals surface area contributed by atoms with Gasteiger partial charge < -0.3 is 5.11 Å². The number of carbonyl (C=O) groups is 1. The van der Waals surface area contributed by atoms with E-state index in [9.17, 15) is 26.7 Å². The molecule has 0 radical (unpaired) electrons. The van der Waals surface area contributed by atoms with Gasteiger partial charge in [0, 0.05) is 11.8 Å². The molecule has 88 valence electrons. The summed E-state index contributed by atoms with van der Waals surface area (Å²) in [6.45, 7) is 0. The zero-order valence-corrected chi connectivity index (χ0v) is 7.42. The Morgan fingerprint density at radius 3 is 2.31 bits per heavy atom. The number of pyridine rings is 1. The summed E-state index contributed by atoms with van der Waals surface area (Å²) < 4.78 is 61.2. The first-order valence-corrected chi connectivity index (χ1v) is 3.81. The summed E-state index contributed by atoms with van der Waals surface area (Å²) in [5.74, 6) is -1.72. The van der Waals surface area contributed by atoms with Crippen LogP contribution in [0.5, 0.6) is 5.75 Å². The molecule has 1 aromatic rings. The Bertz CT molecular complexity index is 416. The topological polar surface area (TPSA) is 50.2 Å². The van der Waals surface area contributed by atoms with Gasteiger partial charge in [0.25, 0.3) is 6.43 Å². The molecule has 0 saturated carbocycles. The van der Waals surface area contributed by atoms with E-state index in [-0.39, 0.29) is 6.29 Å². The Balaban J connectivity index is 3.50. The maximum atomic E-state index is 12.3. The molecule has 1 rings (SSSR count). The maximum Gasteiger partial charge on any atom is 0.437 e. The van der Waals surface area contributed by atoms with E-state index in [1.807, 2.05) is 0 Å². The Morgan fingerprint density at radius 1 is 1.38 bits per heavy atom. The second-order valence-corrected chi connectivity index (χ2v) is 2.74. The molecule has 0 aliphatic heterocycles. The highest BCUT2D eigenvalue weighted by Gasteiger charge is 2.38. The minimum Gasteiger partial charge on any atom is -0.505 e. The molecule has 0 saturated heterocycles. The van der Waals surface area contributed by atoms with Crippen LogP contribution in [0.4, 0.5) is 22.0 Å². The van der Waals surface area contributed by atoms with E-state index < -0.39 is 35.2 Å². The number of aromatic nitrogens is 1. The predicted octanol–water partition coefficient (Wildman–Crippen LogP) is 2.56. The van der Waals surface area contributed by atoms with Crippen LogP contribution in [0.1, 0.15) is 28.0 Å². The average molecular weight is 241 g/mol. The third kappa shape index (κ3) is 2.10. The molecular formula is C8H4F5NO2. The molecule has 0 atom stereocenters. The average Bonchev–Trinajstić information content (AvgIpc) is 2.14. The van der Waals surface area contributed by atoms with Crippen molar-refractivity contribution in [2.45, 2.75) is 12.6 Å². The minimum atomic E-state index is -5.06. The minimum absolute atomic E-state index is 0.103. The lowest BCUT2D eigenvalue weighted by Crippen LogP contribution is -2.11. The van der Waals surface area contributed by atoms with E-state index in [1.165, 1.54) is 0 Å². The van der Waals surface area contributed by atoms with E-state index >= 15 is 0 Å². The fourth-order valence-corrected chi connectivity index (χ4v) is 1.06. The van der Waals surface area contributed by atoms with Crippen LogP contribution in [-0.2, 0) is 6.18 Å². The first-order chi connectivity index (χ1) is 7.29. The number of alkyl halides is 5. The first kappa shape index (κ1) is 12.3. The largest absolute Gasteiger partial charge is 0.505 e. The molecule has 0 aliphatic carbocycles. The molecular weight excluding hydrogens is 237 g/mol. The van der Waals surface area contributed by atoms with Crippen molar-refractivity contribution in [2.75, 3.05) is 0 Å². The van der Waals surface area contributed by atoms with E-state index in [0.29, 0.717) is 6.20 Å². The van der Waals surface area contributed by atoms with Crippen LogP contribution >= 0.6 is 0 Å². The molecule has 0 aliphatic rings. The van der Waals surface area contributed by atoms with Gasteiger partial charge >= 0.3 is 6.18 Å². The number of rotatable bonds is 2. The Hall–Kier alpha value is -1.73. The Labute approximate surface area is 85.5 Å². The van der Waals surface area contributed by atoms with Crippen LogP contribution in [0.3, 0.4) is 0 Å². The normalized spacial score (nSPS) is 11.9. The van der Waals surface area contributed by atoms with Crippen molar-refractivity contribution in [3.8, 4) is 5.75 Å². The van der Waals surface area contributed by atoms with Crippen LogP contribution in [0, 0.1) is 0 Å². The number of aromatic hydroxyl groups is 1. The van der Waals surface area contributed by atoms with Gasteiger partial charge in [-0.15, -0.1) is 0 Å². The molecule has 3 nitrogen and oxygen atoms in total. The molecule has 1 aromatic heterocycles. The van der Waals surface area contributed by atoms with Crippen LogP contribution in [-0.4, -0.2) is 16.4 Å². The van der Waals surface area contributed by atoms with Gasteiger partial charge in [-0.05, 0) is 0 Å². The molecule has 0 unspecified atom stereocenters. The van der Waals surface area contributed by atoms with Crippen molar-refractivity contribution in [2.24, 2.45) is 0 Å². The monoisotopic (exact) mass is 241 g/mol. The van der Waals surface area contributed by atoms with Gasteiger partial charge in [0.05, 0.1) is 5.56 Å². The van der Waals surface area contributed by atoms with Crippen molar-refractivity contribution in [1.29, 1.82) is 0 Å². The smallest absolute Gasteiger partial charge is 0.437 e. The zero-order chi connectivity index (χ0) is 12.5. The van der Waals surface area contributed by atoms with Crippen molar-refractivity contribution < 1.29 is 31.9 Å². The standard InChI is InChI=1S/C8H4F5NO2/c9-7(10)4-3(2-15)1-14-6(5(4)16)8(11,12)13/h1-2,7,16H. The molecule has 0 aromatic carbocycles. The summed E-state index contributed by atoms with van der Waals surface area (Å²) in [7, 11) is 0. The maximum absolute atomic E-state index is 12.3. The van der Waals surface area contributed by atoms with Crippen LogP contribution in [0.2, 0.25) is 0 Å². The third-order valence-corrected chi connectivity index (χ3v) is 1.74. The van der Waals surface area contributed by atoms with Gasteiger partial charge in [-0.25, -0.2) is 13.8 Å². The van der Waals surface area contributed by atoms with Crippen molar-refractivity contribution in [3.05, 3.63) is 23.0 Å². The lowest BCUT2D eigenvalue weighted by Gasteiger charge is -2.12. The summed E-state index contributed by atoms with van der Waals surface area (Å²) in [5, 5.41) is 8.99. The highest BCUT2D eigenvalue weighted by Crippen LogP contribution is 2.40. The number of hydrogen-bond acceptors (Lipinski definition) is 3. The third-order valence-electron chi connectivity index (χ3n) is 1.74. The highest BCUT2D eigenvalue weighted by atomic mass is 19.4. The van der Waals surface area contributed by atoms with E-state index in [2.05, 4.69) is 4.98 Å². The molecule has 1 heterocycles. The van der Waals surface area contributed by atoms with E-state index in [4.69, 9.17) is 5.11 Å². The summed E-state index contributed by atoms with van der Waals surface area (Å²) in [6.07, 6.45) is -8.22. The first-order valence-electron chi connectivity index (χ1n) is 3.81. The molecule has 0 spiro atoms. The lowest BCUT2D eigenvalue weighted by atomic mass is 10.1. The summed E-state index contributed by atoms with van der Waals surface area (Å²) in [4.78, 5) is 13.0. The Morgan fingerprint density at radius 2 is 1.94 bits per heavy atom. The number of nitrogens with zero attached hydrogens (tertiary/aromatic N) is 1. The fourth-order valence-electron chi connectivity index (χ4n) is 1.06. The molecule has 8 heteroatoms. The van der Waals surface area contributed by atoms with Crippen molar-refractivity contribution in [1.82, 2.24) is 4.98 Å². The van der Waals surface area contributed by atoms with Gasteiger partial charge in [-0.3, -0.25) is 4.79 Å². The van der Waals surface area contributed by atoms with Gasteiger partial charge in [0.1, 0.15) is 0 Å². The number of halogens is 5. The fraction of sp³-hybridized carbons (Fsp3) is 0.250. The predicted molar refractivity (Wildman–Crippen MR) is 41.2 cm³/mol. The summed E-state index contributed by atoms with van der Waals surface area (Å²) in [6, 6.07) is 0. The van der Waals surface area contributed by atoms with E-state index in [1.54, 1.807) is 0 Å². The number of aldehydes is 1. The van der Waals surface area contributed by atoms with Gasteiger partial charge in [0.2, 0.25) is 0 Å². The molecule has 0 amide bonds. The second-order valence-electron chi connectivity index (χ2n) is 2.74.